The van der Waals surface area contributed by atoms with Crippen LogP contribution in [0.1, 0.15) is 27.7 Å². The molecule has 18 heavy (non-hydrogen) atoms. The summed E-state index contributed by atoms with van der Waals surface area (Å²) in [5.74, 6) is -0.0597. The lowest BCUT2D eigenvalue weighted by molar-refractivity contribution is 0.102. The van der Waals surface area contributed by atoms with E-state index in [1.807, 2.05) is 37.4 Å². The molecular formula is C14H16N2OS. The summed E-state index contributed by atoms with van der Waals surface area (Å²) < 4.78 is 0. The maximum Gasteiger partial charge on any atom is 0.266 e. The number of carbonyl (C=O) groups is 1. The summed E-state index contributed by atoms with van der Waals surface area (Å²) in [4.78, 5) is 13.0. The molecule has 2 rings (SSSR count). The lowest BCUT2D eigenvalue weighted by Gasteiger charge is -2.09. The molecule has 0 spiro atoms. The third kappa shape index (κ3) is 2.54. The number of carbonyl (C=O) groups excluding carboxylic acids is 1. The van der Waals surface area contributed by atoms with E-state index < -0.39 is 0 Å². The Morgan fingerprint density at radius 1 is 1.39 bits per heavy atom. The van der Waals surface area contributed by atoms with Gasteiger partial charge in [0.2, 0.25) is 0 Å². The van der Waals surface area contributed by atoms with Crippen molar-refractivity contribution in [1.29, 1.82) is 0 Å². The fourth-order valence-electron chi connectivity index (χ4n) is 1.77. The Morgan fingerprint density at radius 2 is 2.17 bits per heavy atom. The smallest absolute Gasteiger partial charge is 0.266 e. The monoisotopic (exact) mass is 260 g/mol. The fraction of sp³-hybridized carbons (Fsp3) is 0.214. The lowest BCUT2D eigenvalue weighted by atomic mass is 10.1. The molecule has 1 aromatic carbocycles. The van der Waals surface area contributed by atoms with Crippen molar-refractivity contribution in [2.75, 3.05) is 11.1 Å². The molecule has 94 valence electrons. The molecule has 0 aliphatic carbocycles. The van der Waals surface area contributed by atoms with Gasteiger partial charge in [0.15, 0.2) is 0 Å². The minimum absolute atomic E-state index is 0.0597. The zero-order valence-corrected chi connectivity index (χ0v) is 11.3. The van der Waals surface area contributed by atoms with Crippen LogP contribution in [0.3, 0.4) is 0 Å². The summed E-state index contributed by atoms with van der Waals surface area (Å²) in [5, 5.41) is 4.86. The Hall–Kier alpha value is -1.81. The highest BCUT2D eigenvalue weighted by Crippen LogP contribution is 2.22. The summed E-state index contributed by atoms with van der Waals surface area (Å²) in [5.41, 5.74) is 9.24. The molecule has 0 aliphatic heterocycles. The van der Waals surface area contributed by atoms with Crippen LogP contribution in [0.25, 0.3) is 0 Å². The van der Waals surface area contributed by atoms with Gasteiger partial charge in [-0.25, -0.2) is 0 Å². The van der Waals surface area contributed by atoms with Gasteiger partial charge in [-0.15, -0.1) is 11.3 Å². The van der Waals surface area contributed by atoms with Gasteiger partial charge in [-0.1, -0.05) is 13.0 Å². The quantitative estimate of drug-likeness (QED) is 0.830. The largest absolute Gasteiger partial charge is 0.399 e. The van der Waals surface area contributed by atoms with Crippen LogP contribution in [0.2, 0.25) is 0 Å². The van der Waals surface area contributed by atoms with Gasteiger partial charge >= 0.3 is 0 Å². The van der Waals surface area contributed by atoms with Crippen LogP contribution < -0.4 is 11.1 Å². The number of nitrogens with one attached hydrogen (secondary N) is 1. The van der Waals surface area contributed by atoms with Gasteiger partial charge in [0.05, 0.1) is 4.88 Å². The zero-order valence-electron chi connectivity index (χ0n) is 10.5. The molecule has 4 heteroatoms. The number of thiophene rings is 1. The Balaban J connectivity index is 2.24. The highest BCUT2D eigenvalue weighted by molar-refractivity contribution is 7.12. The minimum atomic E-state index is -0.0597. The summed E-state index contributed by atoms with van der Waals surface area (Å²) in [6.07, 6.45) is 0.863. The maximum absolute atomic E-state index is 12.2. The Kier molecular flexibility index (Phi) is 3.67. The van der Waals surface area contributed by atoms with Crippen molar-refractivity contribution in [1.82, 2.24) is 0 Å². The van der Waals surface area contributed by atoms with Crippen LogP contribution in [-0.4, -0.2) is 5.91 Å². The molecule has 0 bridgehead atoms. The molecule has 0 aliphatic rings. The number of hydrogen-bond acceptors (Lipinski definition) is 3. The van der Waals surface area contributed by atoms with Gasteiger partial charge in [-0.3, -0.25) is 4.79 Å². The van der Waals surface area contributed by atoms with Gasteiger partial charge in [0.25, 0.3) is 5.91 Å². The summed E-state index contributed by atoms with van der Waals surface area (Å²) in [7, 11) is 0. The number of aryl methyl sites for hydroxylation is 2. The van der Waals surface area contributed by atoms with E-state index in [0.717, 1.165) is 28.1 Å². The molecule has 1 aromatic heterocycles. The van der Waals surface area contributed by atoms with E-state index in [1.54, 1.807) is 6.07 Å². The number of amides is 1. The zero-order chi connectivity index (χ0) is 13.1. The molecule has 3 nitrogen and oxygen atoms in total. The molecular weight excluding hydrogens is 244 g/mol. The van der Waals surface area contributed by atoms with Gasteiger partial charge in [0, 0.05) is 11.4 Å². The second-order valence-electron chi connectivity index (χ2n) is 4.16. The van der Waals surface area contributed by atoms with Gasteiger partial charge < -0.3 is 11.1 Å². The topological polar surface area (TPSA) is 55.1 Å². The standard InChI is InChI=1S/C14H16N2OS/c1-3-10-6-7-18-13(10)14(17)16-12-8-11(15)5-4-9(12)2/h4-8H,3,15H2,1-2H3,(H,16,17). The predicted molar refractivity (Wildman–Crippen MR) is 77.2 cm³/mol. The van der Waals surface area contributed by atoms with E-state index in [9.17, 15) is 4.79 Å². The molecule has 0 saturated carbocycles. The van der Waals surface area contributed by atoms with Crippen molar-refractivity contribution in [2.24, 2.45) is 0 Å². The predicted octanol–water partition coefficient (Wildman–Crippen LogP) is 3.45. The van der Waals surface area contributed by atoms with Crippen LogP contribution in [-0.2, 0) is 6.42 Å². The first-order chi connectivity index (χ1) is 8.61. The van der Waals surface area contributed by atoms with E-state index in [-0.39, 0.29) is 5.91 Å². The van der Waals surface area contributed by atoms with E-state index in [4.69, 9.17) is 5.73 Å². The van der Waals surface area contributed by atoms with Crippen LogP contribution >= 0.6 is 11.3 Å². The number of hydrogen-bond donors (Lipinski definition) is 2. The van der Waals surface area contributed by atoms with Gasteiger partial charge in [0.1, 0.15) is 0 Å². The second kappa shape index (κ2) is 5.23. The van der Waals surface area contributed by atoms with Crippen LogP contribution in [0.15, 0.2) is 29.6 Å². The van der Waals surface area contributed by atoms with Crippen molar-refractivity contribution in [3.63, 3.8) is 0 Å². The Labute approximate surface area is 111 Å². The highest BCUT2D eigenvalue weighted by Gasteiger charge is 2.13. The average molecular weight is 260 g/mol. The van der Waals surface area contributed by atoms with Crippen LogP contribution in [0, 0.1) is 6.92 Å². The Bertz CT molecular complexity index is 575. The maximum atomic E-state index is 12.2. The number of rotatable bonds is 3. The molecule has 0 atom stereocenters. The summed E-state index contributed by atoms with van der Waals surface area (Å²) in [6, 6.07) is 7.51. The third-order valence-electron chi connectivity index (χ3n) is 2.84. The van der Waals surface area contributed by atoms with Gasteiger partial charge in [-0.05, 0) is 48.1 Å². The number of benzene rings is 1. The Morgan fingerprint density at radius 3 is 2.89 bits per heavy atom. The molecule has 0 fully saturated rings. The van der Waals surface area contributed by atoms with Crippen molar-refractivity contribution < 1.29 is 4.79 Å². The third-order valence-corrected chi connectivity index (χ3v) is 3.80. The first-order valence-electron chi connectivity index (χ1n) is 5.85. The van der Waals surface area contributed by atoms with Gasteiger partial charge in [-0.2, -0.15) is 0 Å². The molecule has 0 radical (unpaired) electrons. The number of anilines is 2. The normalized spacial score (nSPS) is 10.3. The lowest BCUT2D eigenvalue weighted by Crippen LogP contribution is -2.13. The summed E-state index contributed by atoms with van der Waals surface area (Å²) >= 11 is 1.47. The van der Waals surface area contributed by atoms with E-state index >= 15 is 0 Å². The van der Waals surface area contributed by atoms with E-state index in [0.29, 0.717) is 5.69 Å². The summed E-state index contributed by atoms with van der Waals surface area (Å²) in [6.45, 7) is 3.99. The first-order valence-corrected chi connectivity index (χ1v) is 6.73. The SMILES string of the molecule is CCc1ccsc1C(=O)Nc1cc(N)ccc1C. The van der Waals surface area contributed by atoms with Crippen LogP contribution in [0.4, 0.5) is 11.4 Å². The van der Waals surface area contributed by atoms with E-state index in [2.05, 4.69) is 5.32 Å². The molecule has 0 saturated heterocycles. The van der Waals surface area contributed by atoms with E-state index in [1.165, 1.54) is 11.3 Å². The molecule has 0 unspecified atom stereocenters. The highest BCUT2D eigenvalue weighted by atomic mass is 32.1. The molecule has 1 heterocycles. The van der Waals surface area contributed by atoms with Crippen molar-refractivity contribution >= 4 is 28.6 Å². The van der Waals surface area contributed by atoms with Crippen molar-refractivity contribution in [3.8, 4) is 0 Å². The molecule has 1 amide bonds. The average Bonchev–Trinajstić information content (AvgIpc) is 2.82. The van der Waals surface area contributed by atoms with Crippen molar-refractivity contribution in [2.45, 2.75) is 20.3 Å². The van der Waals surface area contributed by atoms with Crippen LogP contribution in [0.5, 0.6) is 0 Å². The minimum Gasteiger partial charge on any atom is -0.399 e. The number of nitrogens with two attached hydrogens (primary N) is 1. The fourth-order valence-corrected chi connectivity index (χ4v) is 2.66. The van der Waals surface area contributed by atoms with Crippen molar-refractivity contribution in [3.05, 3.63) is 45.6 Å². The molecule has 3 N–H and O–H groups in total. The number of nitrogen functional groups attached to an aromatic ring is 1. The first kappa shape index (κ1) is 12.6. The second-order valence-corrected chi connectivity index (χ2v) is 5.07. The molecule has 2 aromatic rings.